The number of rotatable bonds is 4. The first kappa shape index (κ1) is 14.5. The first-order chi connectivity index (χ1) is 11.8. The van der Waals surface area contributed by atoms with Gasteiger partial charge in [0, 0.05) is 11.1 Å². The lowest BCUT2D eigenvalue weighted by atomic mass is 10.0. The molecule has 1 atom stereocenters. The third kappa shape index (κ3) is 2.76. The summed E-state index contributed by atoms with van der Waals surface area (Å²) in [6, 6.07) is 17.3. The maximum absolute atomic E-state index is 12.4. The number of amides is 1. The van der Waals surface area contributed by atoms with Crippen molar-refractivity contribution < 1.29 is 13.9 Å². The highest BCUT2D eigenvalue weighted by Gasteiger charge is 2.29. The van der Waals surface area contributed by atoms with E-state index in [4.69, 9.17) is 9.15 Å². The molecule has 1 N–H and O–H groups in total. The van der Waals surface area contributed by atoms with Crippen LogP contribution in [0.2, 0.25) is 0 Å². The number of fused-ring (bicyclic) bond motifs is 1. The van der Waals surface area contributed by atoms with Crippen molar-refractivity contribution >= 4 is 5.91 Å². The molecule has 2 aromatic carbocycles. The van der Waals surface area contributed by atoms with Crippen LogP contribution in [-0.4, -0.2) is 17.5 Å². The van der Waals surface area contributed by atoms with E-state index >= 15 is 0 Å². The van der Waals surface area contributed by atoms with E-state index in [0.717, 1.165) is 16.9 Å². The van der Waals surface area contributed by atoms with E-state index in [-0.39, 0.29) is 18.4 Å². The average molecular weight is 320 g/mol. The summed E-state index contributed by atoms with van der Waals surface area (Å²) in [6.45, 7) is 0.621. The molecule has 4 rings (SSSR count). The number of aromatic nitrogens is 1. The maximum Gasteiger partial charge on any atom is 0.231 e. The Labute approximate surface area is 139 Å². The van der Waals surface area contributed by atoms with Gasteiger partial charge in [-0.3, -0.25) is 4.79 Å². The van der Waals surface area contributed by atoms with Gasteiger partial charge in [0.05, 0.1) is 12.7 Å². The highest BCUT2D eigenvalue weighted by atomic mass is 16.5. The molecule has 0 unspecified atom stereocenters. The van der Waals surface area contributed by atoms with E-state index in [1.807, 2.05) is 54.6 Å². The molecule has 5 nitrogen and oxygen atoms in total. The van der Waals surface area contributed by atoms with Crippen LogP contribution in [0.3, 0.4) is 0 Å². The lowest BCUT2D eigenvalue weighted by Crippen LogP contribution is -2.29. The van der Waals surface area contributed by atoms with Crippen LogP contribution < -0.4 is 10.1 Å². The van der Waals surface area contributed by atoms with Crippen molar-refractivity contribution in [3.63, 3.8) is 0 Å². The Bertz CT molecular complexity index is 858. The van der Waals surface area contributed by atoms with E-state index in [9.17, 15) is 4.79 Å². The maximum atomic E-state index is 12.4. The summed E-state index contributed by atoms with van der Waals surface area (Å²) >= 11 is 0. The zero-order valence-corrected chi connectivity index (χ0v) is 12.9. The summed E-state index contributed by atoms with van der Waals surface area (Å²) in [7, 11) is 0. The molecule has 0 bridgehead atoms. The summed E-state index contributed by atoms with van der Waals surface area (Å²) in [4.78, 5) is 16.6. The predicted molar refractivity (Wildman–Crippen MR) is 88.5 cm³/mol. The molecule has 3 aromatic rings. The van der Waals surface area contributed by atoms with Gasteiger partial charge in [-0.15, -0.1) is 0 Å². The van der Waals surface area contributed by atoms with Crippen LogP contribution in [0.5, 0.6) is 5.75 Å². The zero-order valence-electron chi connectivity index (χ0n) is 12.9. The SMILES string of the molecule is O=C(NCc1ncc(-c2ccccc2)o1)[C@H]1COc2ccccc21. The van der Waals surface area contributed by atoms with Gasteiger partial charge in [0.1, 0.15) is 18.3 Å². The average Bonchev–Trinajstić information content (AvgIpc) is 3.27. The third-order valence-electron chi connectivity index (χ3n) is 4.04. The number of oxazole rings is 1. The Morgan fingerprint density at radius 1 is 1.12 bits per heavy atom. The number of nitrogens with zero attached hydrogens (tertiary/aromatic N) is 1. The van der Waals surface area contributed by atoms with E-state index < -0.39 is 0 Å². The molecular formula is C19H16N2O3. The van der Waals surface area contributed by atoms with Crippen LogP contribution in [0, 0.1) is 0 Å². The number of ether oxygens (including phenoxy) is 1. The summed E-state index contributed by atoms with van der Waals surface area (Å²) in [5.74, 6) is 1.58. The lowest BCUT2D eigenvalue weighted by molar-refractivity contribution is -0.123. The highest BCUT2D eigenvalue weighted by Crippen LogP contribution is 2.33. The zero-order chi connectivity index (χ0) is 16.4. The Hall–Kier alpha value is -3.08. The largest absolute Gasteiger partial charge is 0.492 e. The van der Waals surface area contributed by atoms with Gasteiger partial charge in [-0.2, -0.15) is 0 Å². The molecule has 5 heteroatoms. The van der Waals surface area contributed by atoms with Crippen molar-refractivity contribution in [2.75, 3.05) is 6.61 Å². The van der Waals surface area contributed by atoms with Crippen molar-refractivity contribution in [2.45, 2.75) is 12.5 Å². The van der Waals surface area contributed by atoms with E-state index in [0.29, 0.717) is 18.3 Å². The van der Waals surface area contributed by atoms with Crippen molar-refractivity contribution in [1.29, 1.82) is 0 Å². The molecule has 0 saturated carbocycles. The normalized spacial score (nSPS) is 15.6. The number of nitrogens with one attached hydrogen (secondary N) is 1. The molecule has 2 heterocycles. The fourth-order valence-electron chi connectivity index (χ4n) is 2.79. The number of benzene rings is 2. The van der Waals surface area contributed by atoms with Crippen LogP contribution in [0.25, 0.3) is 11.3 Å². The number of para-hydroxylation sites is 1. The van der Waals surface area contributed by atoms with Crippen molar-refractivity contribution in [1.82, 2.24) is 10.3 Å². The first-order valence-electron chi connectivity index (χ1n) is 7.81. The summed E-state index contributed by atoms with van der Waals surface area (Å²) < 4.78 is 11.2. The summed E-state index contributed by atoms with van der Waals surface area (Å²) in [5, 5.41) is 2.87. The molecule has 24 heavy (non-hydrogen) atoms. The molecule has 1 aliphatic heterocycles. The standard InChI is InChI=1S/C19H16N2O3/c22-19(15-12-23-16-9-5-4-8-14(15)16)21-11-18-20-10-17(24-18)13-6-2-1-3-7-13/h1-10,15H,11-12H2,(H,21,22)/t15-/m0/s1. The van der Waals surface area contributed by atoms with Gasteiger partial charge in [-0.05, 0) is 6.07 Å². The number of carbonyl (C=O) groups excluding carboxylic acids is 1. The van der Waals surface area contributed by atoms with Gasteiger partial charge in [0.2, 0.25) is 11.8 Å². The second-order valence-corrected chi connectivity index (χ2v) is 5.60. The molecule has 0 fully saturated rings. The molecule has 120 valence electrons. The van der Waals surface area contributed by atoms with Crippen LogP contribution in [0.15, 0.2) is 65.2 Å². The highest BCUT2D eigenvalue weighted by molar-refractivity contribution is 5.85. The molecule has 0 aliphatic carbocycles. The van der Waals surface area contributed by atoms with Crippen molar-refractivity contribution in [3.8, 4) is 17.1 Å². The molecule has 0 spiro atoms. The second kappa shape index (κ2) is 6.20. The van der Waals surface area contributed by atoms with Gasteiger partial charge in [0.15, 0.2) is 5.76 Å². The van der Waals surface area contributed by atoms with Crippen molar-refractivity contribution in [2.24, 2.45) is 0 Å². The fourth-order valence-corrected chi connectivity index (χ4v) is 2.79. The van der Waals surface area contributed by atoms with E-state index in [1.165, 1.54) is 0 Å². The predicted octanol–water partition coefficient (Wildman–Crippen LogP) is 3.13. The Balaban J connectivity index is 1.41. The summed E-state index contributed by atoms with van der Waals surface area (Å²) in [6.07, 6.45) is 1.67. The van der Waals surface area contributed by atoms with Gasteiger partial charge in [0.25, 0.3) is 0 Å². The Morgan fingerprint density at radius 3 is 2.79 bits per heavy atom. The quantitative estimate of drug-likeness (QED) is 0.802. The first-order valence-corrected chi connectivity index (χ1v) is 7.81. The second-order valence-electron chi connectivity index (χ2n) is 5.60. The molecule has 0 saturated heterocycles. The molecule has 1 aliphatic rings. The number of hydrogen-bond donors (Lipinski definition) is 1. The van der Waals surface area contributed by atoms with Gasteiger partial charge >= 0.3 is 0 Å². The minimum Gasteiger partial charge on any atom is -0.492 e. The molecule has 0 radical (unpaired) electrons. The van der Waals surface area contributed by atoms with E-state index in [1.54, 1.807) is 6.20 Å². The van der Waals surface area contributed by atoms with Gasteiger partial charge < -0.3 is 14.5 Å². The van der Waals surface area contributed by atoms with Gasteiger partial charge in [-0.25, -0.2) is 4.98 Å². The van der Waals surface area contributed by atoms with Crippen LogP contribution in [0.1, 0.15) is 17.4 Å². The fraction of sp³-hybridized carbons (Fsp3) is 0.158. The monoisotopic (exact) mass is 320 g/mol. The number of hydrogen-bond acceptors (Lipinski definition) is 4. The van der Waals surface area contributed by atoms with Crippen LogP contribution in [0.4, 0.5) is 0 Å². The minimum absolute atomic E-state index is 0.0839. The summed E-state index contributed by atoms with van der Waals surface area (Å²) in [5.41, 5.74) is 1.88. The Kier molecular flexibility index (Phi) is 3.75. The van der Waals surface area contributed by atoms with Crippen LogP contribution in [-0.2, 0) is 11.3 Å². The van der Waals surface area contributed by atoms with Crippen molar-refractivity contribution in [3.05, 3.63) is 72.2 Å². The smallest absolute Gasteiger partial charge is 0.231 e. The Morgan fingerprint density at radius 2 is 1.92 bits per heavy atom. The third-order valence-corrected chi connectivity index (χ3v) is 4.04. The number of carbonyl (C=O) groups is 1. The lowest BCUT2D eigenvalue weighted by Gasteiger charge is -2.08. The molecular weight excluding hydrogens is 304 g/mol. The van der Waals surface area contributed by atoms with Gasteiger partial charge in [-0.1, -0.05) is 48.5 Å². The molecule has 1 aromatic heterocycles. The van der Waals surface area contributed by atoms with Crippen LogP contribution >= 0.6 is 0 Å². The molecule has 1 amide bonds. The minimum atomic E-state index is -0.287. The van der Waals surface area contributed by atoms with E-state index in [2.05, 4.69) is 10.3 Å². The topological polar surface area (TPSA) is 64.4 Å².